The van der Waals surface area contributed by atoms with Gasteiger partial charge in [-0.15, -0.1) is 0 Å². The number of aliphatic imine (C=N–C) groups is 1. The molecule has 0 aliphatic carbocycles. The number of likely N-dealkylation sites (N-methyl/N-ethyl adjacent to an activating group) is 1. The van der Waals surface area contributed by atoms with Crippen molar-refractivity contribution in [2.45, 2.75) is 20.8 Å². The van der Waals surface area contributed by atoms with Crippen LogP contribution in [0.1, 0.15) is 36.7 Å². The van der Waals surface area contributed by atoms with Crippen molar-refractivity contribution in [1.29, 1.82) is 0 Å². The molecule has 1 aliphatic rings. The number of aromatic carboxylic acids is 1. The summed E-state index contributed by atoms with van der Waals surface area (Å²) in [4.78, 5) is 30.4. The number of amidine groups is 1. The van der Waals surface area contributed by atoms with Crippen molar-refractivity contribution in [2.75, 3.05) is 19.8 Å². The Hall–Kier alpha value is -3.26. The van der Waals surface area contributed by atoms with Crippen LogP contribution >= 0.6 is 11.8 Å². The van der Waals surface area contributed by atoms with E-state index in [9.17, 15) is 14.7 Å². The van der Waals surface area contributed by atoms with Gasteiger partial charge in [-0.3, -0.25) is 9.69 Å². The monoisotopic (exact) mass is 439 g/mol. The van der Waals surface area contributed by atoms with Gasteiger partial charge in [-0.2, -0.15) is 0 Å². The van der Waals surface area contributed by atoms with Crippen LogP contribution in [0.2, 0.25) is 0 Å². The molecule has 1 aliphatic heterocycles. The van der Waals surface area contributed by atoms with Crippen molar-refractivity contribution < 1.29 is 24.2 Å². The van der Waals surface area contributed by atoms with Crippen molar-refractivity contribution >= 4 is 40.6 Å². The van der Waals surface area contributed by atoms with Crippen LogP contribution in [0.4, 0.5) is 5.69 Å². The molecule has 0 saturated carbocycles. The van der Waals surface area contributed by atoms with Gasteiger partial charge in [0.05, 0.1) is 29.8 Å². The minimum Gasteiger partial charge on any atom is -0.545 e. The molecule has 3 rings (SSSR count). The third kappa shape index (κ3) is 5.27. The van der Waals surface area contributed by atoms with Crippen molar-refractivity contribution in [3.63, 3.8) is 0 Å². The predicted octanol–water partition coefficient (Wildman–Crippen LogP) is 3.47. The molecule has 8 heteroatoms. The first-order valence-corrected chi connectivity index (χ1v) is 10.8. The summed E-state index contributed by atoms with van der Waals surface area (Å²) < 4.78 is 11.3. The fraction of sp³-hybridized carbons (Fsp3) is 0.261. The number of amides is 1. The molecule has 1 heterocycles. The quantitative estimate of drug-likeness (QED) is 0.585. The zero-order valence-electron chi connectivity index (χ0n) is 17.6. The second-order valence-corrected chi connectivity index (χ2v) is 7.47. The molecule has 1 saturated heterocycles. The first-order valence-electron chi connectivity index (χ1n) is 9.97. The lowest BCUT2D eigenvalue weighted by molar-refractivity contribution is -0.255. The van der Waals surface area contributed by atoms with Crippen LogP contribution in [0.3, 0.4) is 0 Å². The van der Waals surface area contributed by atoms with Gasteiger partial charge in [-0.25, -0.2) is 4.99 Å². The highest BCUT2D eigenvalue weighted by Crippen LogP contribution is 2.35. The lowest BCUT2D eigenvalue weighted by Crippen LogP contribution is -2.28. The van der Waals surface area contributed by atoms with Crippen LogP contribution in [-0.2, 0) is 4.79 Å². The van der Waals surface area contributed by atoms with Crippen molar-refractivity contribution in [3.8, 4) is 11.5 Å². The zero-order chi connectivity index (χ0) is 22.4. The standard InChI is InChI=1S/C23H24N2O5S/c1-4-25-21(26)20(14-15-7-12-18(29-5-2)19(13-15)30-6-3)31-23(25)24-17-10-8-16(9-11-17)22(27)28/h7-14H,4-6H2,1-3H3,(H,27,28)/p-1/b20-14-,24-23?. The number of thioether (sulfide) groups is 1. The molecule has 31 heavy (non-hydrogen) atoms. The van der Waals surface area contributed by atoms with E-state index in [2.05, 4.69) is 4.99 Å². The smallest absolute Gasteiger partial charge is 0.266 e. The minimum absolute atomic E-state index is 0.0765. The Bertz CT molecular complexity index is 1030. The second-order valence-electron chi connectivity index (χ2n) is 6.46. The number of benzene rings is 2. The van der Waals surface area contributed by atoms with Crippen LogP contribution < -0.4 is 14.6 Å². The van der Waals surface area contributed by atoms with E-state index in [1.165, 1.54) is 23.9 Å². The molecular weight excluding hydrogens is 416 g/mol. The number of hydrogen-bond donors (Lipinski definition) is 0. The maximum absolute atomic E-state index is 12.9. The summed E-state index contributed by atoms with van der Waals surface area (Å²) in [5, 5.41) is 11.4. The highest BCUT2D eigenvalue weighted by atomic mass is 32.2. The minimum atomic E-state index is -1.24. The van der Waals surface area contributed by atoms with Gasteiger partial charge in [0.1, 0.15) is 0 Å². The molecule has 1 fully saturated rings. The van der Waals surface area contributed by atoms with E-state index < -0.39 is 5.97 Å². The highest BCUT2D eigenvalue weighted by Gasteiger charge is 2.32. The lowest BCUT2D eigenvalue weighted by Gasteiger charge is -2.12. The number of ether oxygens (including phenoxy) is 2. The molecule has 7 nitrogen and oxygen atoms in total. The first-order chi connectivity index (χ1) is 15.0. The van der Waals surface area contributed by atoms with Crippen LogP contribution in [-0.4, -0.2) is 41.7 Å². The van der Waals surface area contributed by atoms with Crippen LogP contribution in [0.25, 0.3) is 6.08 Å². The van der Waals surface area contributed by atoms with Crippen molar-refractivity contribution in [2.24, 2.45) is 4.99 Å². The highest BCUT2D eigenvalue weighted by molar-refractivity contribution is 8.18. The number of hydrogen-bond acceptors (Lipinski definition) is 7. The normalized spacial score (nSPS) is 16.2. The molecule has 0 bridgehead atoms. The van der Waals surface area contributed by atoms with E-state index in [1.54, 1.807) is 23.1 Å². The Morgan fingerprint density at radius 2 is 1.74 bits per heavy atom. The van der Waals surface area contributed by atoms with E-state index in [4.69, 9.17) is 9.47 Å². The summed E-state index contributed by atoms with van der Waals surface area (Å²) in [6, 6.07) is 11.6. The number of rotatable bonds is 8. The summed E-state index contributed by atoms with van der Waals surface area (Å²) in [5.74, 6) is -0.0889. The molecular formula is C23H23N2O5S-. The average Bonchev–Trinajstić information content (AvgIpc) is 3.04. The average molecular weight is 440 g/mol. The van der Waals surface area contributed by atoms with Crippen LogP contribution in [0.5, 0.6) is 11.5 Å². The Balaban J connectivity index is 1.89. The summed E-state index contributed by atoms with van der Waals surface area (Å²) in [5.41, 5.74) is 1.45. The molecule has 2 aromatic carbocycles. The number of nitrogens with zero attached hydrogens (tertiary/aromatic N) is 2. The van der Waals surface area contributed by atoms with E-state index >= 15 is 0 Å². The number of carboxylic acids is 1. The zero-order valence-corrected chi connectivity index (χ0v) is 18.4. The number of carboxylic acid groups (broad SMARTS) is 1. The molecule has 0 spiro atoms. The van der Waals surface area contributed by atoms with Gasteiger partial charge in [-0.05, 0) is 74.0 Å². The molecule has 0 N–H and O–H groups in total. The van der Waals surface area contributed by atoms with Gasteiger partial charge >= 0.3 is 0 Å². The van der Waals surface area contributed by atoms with Gasteiger partial charge < -0.3 is 19.4 Å². The van der Waals surface area contributed by atoms with E-state index in [0.29, 0.717) is 47.0 Å². The van der Waals surface area contributed by atoms with Gasteiger partial charge in [0, 0.05) is 6.54 Å². The summed E-state index contributed by atoms with van der Waals surface area (Å²) in [6.07, 6.45) is 1.80. The summed E-state index contributed by atoms with van der Waals surface area (Å²) in [7, 11) is 0. The van der Waals surface area contributed by atoms with Gasteiger partial charge in [0.2, 0.25) is 0 Å². The summed E-state index contributed by atoms with van der Waals surface area (Å²) in [6.45, 7) is 7.19. The SMILES string of the molecule is CCOc1ccc(/C=C2\SC(=Nc3ccc(C(=O)[O-])cc3)N(CC)C2=O)cc1OCC. The molecule has 0 unspecified atom stereocenters. The van der Waals surface area contributed by atoms with E-state index in [1.807, 2.05) is 39.0 Å². The van der Waals surface area contributed by atoms with Crippen molar-refractivity contribution in [1.82, 2.24) is 4.90 Å². The Labute approximate surface area is 185 Å². The van der Waals surface area contributed by atoms with Gasteiger partial charge in [-0.1, -0.05) is 18.2 Å². The third-order valence-corrected chi connectivity index (χ3v) is 5.40. The summed E-state index contributed by atoms with van der Waals surface area (Å²) >= 11 is 1.27. The molecule has 0 aromatic heterocycles. The molecule has 0 atom stereocenters. The fourth-order valence-electron chi connectivity index (χ4n) is 2.96. The van der Waals surface area contributed by atoms with Gasteiger partial charge in [0.25, 0.3) is 5.91 Å². The maximum Gasteiger partial charge on any atom is 0.266 e. The van der Waals surface area contributed by atoms with Crippen molar-refractivity contribution in [3.05, 3.63) is 58.5 Å². The fourth-order valence-corrected chi connectivity index (χ4v) is 4.02. The number of carbonyl (C=O) groups is 2. The Kier molecular flexibility index (Phi) is 7.36. The topological polar surface area (TPSA) is 91.3 Å². The Morgan fingerprint density at radius 1 is 1.06 bits per heavy atom. The van der Waals surface area contributed by atoms with E-state index in [0.717, 1.165) is 5.56 Å². The maximum atomic E-state index is 12.9. The van der Waals surface area contributed by atoms with Gasteiger partial charge in [0.15, 0.2) is 16.7 Å². The molecule has 2 aromatic rings. The van der Waals surface area contributed by atoms with E-state index in [-0.39, 0.29) is 11.5 Å². The third-order valence-electron chi connectivity index (χ3n) is 4.40. The Morgan fingerprint density at radius 3 is 2.35 bits per heavy atom. The predicted molar refractivity (Wildman–Crippen MR) is 120 cm³/mol. The van der Waals surface area contributed by atoms with Crippen LogP contribution in [0, 0.1) is 0 Å². The number of carbonyl (C=O) groups excluding carboxylic acids is 2. The largest absolute Gasteiger partial charge is 0.545 e. The molecule has 162 valence electrons. The second kappa shape index (κ2) is 10.2. The first kappa shape index (κ1) is 22.4. The molecule has 1 amide bonds. The van der Waals surface area contributed by atoms with Crippen LogP contribution in [0.15, 0.2) is 52.4 Å². The lowest BCUT2D eigenvalue weighted by atomic mass is 10.2. The molecule has 0 radical (unpaired) electrons.